The minimum Gasteiger partial charge on any atom is -0.379 e. The first-order valence-electron chi connectivity index (χ1n) is 7.38. The third-order valence-electron chi connectivity index (χ3n) is 3.13. The lowest BCUT2D eigenvalue weighted by Gasteiger charge is -2.15. The Balaban J connectivity index is 2.42. The Hall–Kier alpha value is -1.66. The summed E-state index contributed by atoms with van der Waals surface area (Å²) in [5.41, 5.74) is 1.22. The van der Waals surface area contributed by atoms with Crippen LogP contribution in [0.2, 0.25) is 0 Å². The molecule has 0 fully saturated rings. The quantitative estimate of drug-likeness (QED) is 0.708. The molecule has 6 heteroatoms. The van der Waals surface area contributed by atoms with E-state index in [9.17, 15) is 9.18 Å². The van der Waals surface area contributed by atoms with Crippen LogP contribution in [0.25, 0.3) is 0 Å². The number of rotatable bonds is 9. The van der Waals surface area contributed by atoms with Gasteiger partial charge in [-0.3, -0.25) is 4.79 Å². The Morgan fingerprint density at radius 2 is 2.09 bits per heavy atom. The van der Waals surface area contributed by atoms with Crippen molar-refractivity contribution < 1.29 is 18.7 Å². The summed E-state index contributed by atoms with van der Waals surface area (Å²) < 4.78 is 24.3. The Kier molecular flexibility index (Phi) is 7.84. The lowest BCUT2D eigenvalue weighted by molar-refractivity contribution is -0.132. The van der Waals surface area contributed by atoms with Crippen LogP contribution in [0.4, 0.5) is 10.1 Å². The number of ether oxygens (including phenoxy) is 2. The van der Waals surface area contributed by atoms with E-state index < -0.39 is 6.10 Å². The van der Waals surface area contributed by atoms with E-state index in [-0.39, 0.29) is 18.3 Å². The predicted molar refractivity (Wildman–Crippen MR) is 84.5 cm³/mol. The van der Waals surface area contributed by atoms with E-state index in [0.717, 1.165) is 0 Å². The highest BCUT2D eigenvalue weighted by atomic mass is 19.1. The van der Waals surface area contributed by atoms with Gasteiger partial charge < -0.3 is 19.7 Å². The maximum absolute atomic E-state index is 13.8. The molecule has 0 bridgehead atoms. The fraction of sp³-hybridized carbons (Fsp3) is 0.562. The molecule has 5 nitrogen and oxygen atoms in total. The van der Waals surface area contributed by atoms with Gasteiger partial charge in [-0.25, -0.2) is 4.39 Å². The maximum atomic E-state index is 13.8. The second-order valence-electron chi connectivity index (χ2n) is 5.11. The van der Waals surface area contributed by atoms with Gasteiger partial charge in [0.15, 0.2) is 0 Å². The van der Waals surface area contributed by atoms with Crippen molar-refractivity contribution in [2.45, 2.75) is 26.5 Å². The number of hydrogen-bond acceptors (Lipinski definition) is 4. The molecular weight excluding hydrogens is 287 g/mol. The number of nitrogens with zero attached hydrogens (tertiary/aromatic N) is 1. The van der Waals surface area contributed by atoms with Crippen LogP contribution in [0.1, 0.15) is 19.4 Å². The molecule has 22 heavy (non-hydrogen) atoms. The highest BCUT2D eigenvalue weighted by Gasteiger charge is 2.13. The standard InChI is InChI=1S/C16H25FN2O3/c1-5-21-8-9-22-12(2)16(20)18-11-13-6-7-15(19(3)4)14(17)10-13/h6-7,10,12H,5,8-9,11H2,1-4H3,(H,18,20)/t12-/m1/s1. The summed E-state index contributed by atoms with van der Waals surface area (Å²) >= 11 is 0. The number of carbonyl (C=O) groups is 1. The van der Waals surface area contributed by atoms with Gasteiger partial charge in [0, 0.05) is 27.2 Å². The molecule has 1 rings (SSSR count). The van der Waals surface area contributed by atoms with Crippen molar-refractivity contribution in [3.8, 4) is 0 Å². The SMILES string of the molecule is CCOCCO[C@H](C)C(=O)NCc1ccc(N(C)C)c(F)c1. The second-order valence-corrected chi connectivity index (χ2v) is 5.11. The number of benzene rings is 1. The number of carbonyl (C=O) groups excluding carboxylic acids is 1. The zero-order chi connectivity index (χ0) is 16.5. The summed E-state index contributed by atoms with van der Waals surface area (Å²) in [7, 11) is 3.56. The minimum absolute atomic E-state index is 0.228. The van der Waals surface area contributed by atoms with Gasteiger partial charge in [-0.05, 0) is 31.5 Å². The van der Waals surface area contributed by atoms with Crippen molar-refractivity contribution in [1.29, 1.82) is 0 Å². The molecule has 0 aliphatic carbocycles. The van der Waals surface area contributed by atoms with Gasteiger partial charge in [0.1, 0.15) is 11.9 Å². The number of anilines is 1. The topological polar surface area (TPSA) is 50.8 Å². The molecule has 0 aliphatic rings. The molecule has 0 aliphatic heterocycles. The molecule has 0 aromatic heterocycles. The highest BCUT2D eigenvalue weighted by molar-refractivity contribution is 5.80. The van der Waals surface area contributed by atoms with Crippen LogP contribution in [-0.2, 0) is 20.8 Å². The van der Waals surface area contributed by atoms with Crippen LogP contribution in [0.15, 0.2) is 18.2 Å². The summed E-state index contributed by atoms with van der Waals surface area (Å²) in [6, 6.07) is 4.91. The van der Waals surface area contributed by atoms with Crippen molar-refractivity contribution >= 4 is 11.6 Å². The molecule has 0 spiro atoms. The van der Waals surface area contributed by atoms with Crippen LogP contribution in [0.5, 0.6) is 0 Å². The van der Waals surface area contributed by atoms with Crippen LogP contribution in [-0.4, -0.2) is 45.9 Å². The van der Waals surface area contributed by atoms with E-state index in [2.05, 4.69) is 5.32 Å². The van der Waals surface area contributed by atoms with Crippen LogP contribution < -0.4 is 10.2 Å². The molecular formula is C16H25FN2O3. The maximum Gasteiger partial charge on any atom is 0.249 e. The van der Waals surface area contributed by atoms with Crippen molar-refractivity contribution in [2.75, 3.05) is 38.8 Å². The van der Waals surface area contributed by atoms with Crippen molar-refractivity contribution in [3.05, 3.63) is 29.6 Å². The zero-order valence-corrected chi connectivity index (χ0v) is 13.7. The molecule has 0 saturated carbocycles. The van der Waals surface area contributed by atoms with E-state index in [1.54, 1.807) is 38.1 Å². The fourth-order valence-electron chi connectivity index (χ4n) is 1.86. The monoisotopic (exact) mass is 312 g/mol. The highest BCUT2D eigenvalue weighted by Crippen LogP contribution is 2.18. The predicted octanol–water partition coefficient (Wildman–Crippen LogP) is 1.95. The second kappa shape index (κ2) is 9.38. The molecule has 1 N–H and O–H groups in total. The van der Waals surface area contributed by atoms with Crippen LogP contribution in [0, 0.1) is 5.82 Å². The van der Waals surface area contributed by atoms with Crippen molar-refractivity contribution in [2.24, 2.45) is 0 Å². The smallest absolute Gasteiger partial charge is 0.249 e. The van der Waals surface area contributed by atoms with Gasteiger partial charge in [-0.2, -0.15) is 0 Å². The molecule has 1 aromatic rings. The van der Waals surface area contributed by atoms with Gasteiger partial charge in [-0.1, -0.05) is 6.07 Å². The lowest BCUT2D eigenvalue weighted by atomic mass is 10.2. The summed E-state index contributed by atoms with van der Waals surface area (Å²) in [6.45, 7) is 5.30. The van der Waals surface area contributed by atoms with Gasteiger partial charge >= 0.3 is 0 Å². The lowest BCUT2D eigenvalue weighted by Crippen LogP contribution is -2.34. The Labute approximate surface area is 131 Å². The summed E-state index contributed by atoms with van der Waals surface area (Å²) in [6.07, 6.45) is -0.564. The Morgan fingerprint density at radius 3 is 2.68 bits per heavy atom. The van der Waals surface area contributed by atoms with E-state index >= 15 is 0 Å². The van der Waals surface area contributed by atoms with E-state index in [4.69, 9.17) is 9.47 Å². The molecule has 0 unspecified atom stereocenters. The average molecular weight is 312 g/mol. The first-order valence-corrected chi connectivity index (χ1v) is 7.38. The van der Waals surface area contributed by atoms with E-state index in [0.29, 0.717) is 31.1 Å². The number of amides is 1. The molecule has 1 amide bonds. The third kappa shape index (κ3) is 5.99. The molecule has 0 saturated heterocycles. The minimum atomic E-state index is -0.564. The average Bonchev–Trinajstić information content (AvgIpc) is 2.48. The summed E-state index contributed by atoms with van der Waals surface area (Å²) in [5, 5.41) is 2.73. The summed E-state index contributed by atoms with van der Waals surface area (Å²) in [5.74, 6) is -0.536. The van der Waals surface area contributed by atoms with E-state index in [1.165, 1.54) is 6.07 Å². The van der Waals surface area contributed by atoms with Crippen LogP contribution in [0.3, 0.4) is 0 Å². The molecule has 0 radical (unpaired) electrons. The number of hydrogen-bond donors (Lipinski definition) is 1. The first-order chi connectivity index (χ1) is 10.5. The van der Waals surface area contributed by atoms with Gasteiger partial charge in [0.05, 0.1) is 18.9 Å². The fourth-order valence-corrected chi connectivity index (χ4v) is 1.86. The van der Waals surface area contributed by atoms with Gasteiger partial charge in [0.2, 0.25) is 5.91 Å². The molecule has 1 aromatic carbocycles. The molecule has 0 heterocycles. The van der Waals surface area contributed by atoms with Crippen LogP contribution >= 0.6 is 0 Å². The zero-order valence-electron chi connectivity index (χ0n) is 13.7. The first kappa shape index (κ1) is 18.4. The third-order valence-corrected chi connectivity index (χ3v) is 3.13. The molecule has 124 valence electrons. The normalized spacial score (nSPS) is 12.0. The Bertz CT molecular complexity index is 480. The Morgan fingerprint density at radius 1 is 1.36 bits per heavy atom. The number of nitrogens with one attached hydrogen (secondary N) is 1. The van der Waals surface area contributed by atoms with Gasteiger partial charge in [0.25, 0.3) is 0 Å². The van der Waals surface area contributed by atoms with E-state index in [1.807, 2.05) is 6.92 Å². The van der Waals surface area contributed by atoms with Crippen molar-refractivity contribution in [3.63, 3.8) is 0 Å². The van der Waals surface area contributed by atoms with Crippen molar-refractivity contribution in [1.82, 2.24) is 5.32 Å². The van der Waals surface area contributed by atoms with Gasteiger partial charge in [-0.15, -0.1) is 0 Å². The molecule has 1 atom stereocenters. The largest absolute Gasteiger partial charge is 0.379 e. The summed E-state index contributed by atoms with van der Waals surface area (Å²) in [4.78, 5) is 13.6. The number of halogens is 1.